The molecule has 2 unspecified atom stereocenters. The topological polar surface area (TPSA) is 20.3 Å². The molecule has 1 aliphatic rings. The minimum atomic E-state index is -0.308. The Labute approximate surface area is 66.1 Å². The molecule has 10 heavy (non-hydrogen) atoms. The molecule has 0 aromatic rings. The molecule has 1 saturated heterocycles. The highest BCUT2D eigenvalue weighted by Crippen LogP contribution is 2.24. The van der Waals surface area contributed by atoms with Gasteiger partial charge in [-0.25, -0.2) is 0 Å². The predicted molar refractivity (Wildman–Crippen MR) is 41.2 cm³/mol. The lowest BCUT2D eigenvalue weighted by atomic mass is 10.2. The number of likely N-dealkylation sites (tertiary alicyclic amines) is 1. The van der Waals surface area contributed by atoms with Crippen molar-refractivity contribution in [3.05, 3.63) is 0 Å². The Bertz CT molecular complexity index is 139. The Balaban J connectivity index is 2.63. The summed E-state index contributed by atoms with van der Waals surface area (Å²) >= 11 is 5.36. The normalized spacial score (nSPS) is 32.9. The van der Waals surface area contributed by atoms with Crippen molar-refractivity contribution >= 4 is 17.0 Å². The van der Waals surface area contributed by atoms with E-state index in [2.05, 4.69) is 0 Å². The van der Waals surface area contributed by atoms with Crippen LogP contribution in [0.4, 0.5) is 4.79 Å². The predicted octanol–water partition coefficient (Wildman–Crippen LogP) is 2.22. The summed E-state index contributed by atoms with van der Waals surface area (Å²) < 4.78 is 0. The van der Waals surface area contributed by atoms with Gasteiger partial charge in [0.2, 0.25) is 0 Å². The van der Waals surface area contributed by atoms with Gasteiger partial charge in [-0.2, -0.15) is 0 Å². The molecule has 2 atom stereocenters. The van der Waals surface area contributed by atoms with Gasteiger partial charge in [0.25, 0.3) is 0 Å². The molecule has 0 bridgehead atoms. The van der Waals surface area contributed by atoms with Crippen molar-refractivity contribution in [3.8, 4) is 0 Å². The Morgan fingerprint density at radius 1 is 1.40 bits per heavy atom. The van der Waals surface area contributed by atoms with Crippen molar-refractivity contribution in [2.45, 2.75) is 38.8 Å². The van der Waals surface area contributed by atoms with Crippen molar-refractivity contribution in [1.29, 1.82) is 0 Å². The van der Waals surface area contributed by atoms with Crippen molar-refractivity contribution in [1.82, 2.24) is 4.90 Å². The van der Waals surface area contributed by atoms with Crippen LogP contribution in [0.3, 0.4) is 0 Å². The standard InChI is InChI=1S/C7H12ClNO/c1-5-3-4-6(2)9(5)7(8)10/h5-6H,3-4H2,1-2H3. The summed E-state index contributed by atoms with van der Waals surface area (Å²) in [6.45, 7) is 4.06. The third-order valence-corrected chi connectivity index (χ3v) is 2.35. The van der Waals surface area contributed by atoms with E-state index in [1.54, 1.807) is 4.90 Å². The van der Waals surface area contributed by atoms with E-state index in [0.29, 0.717) is 12.1 Å². The zero-order chi connectivity index (χ0) is 7.72. The van der Waals surface area contributed by atoms with Gasteiger partial charge in [0.15, 0.2) is 0 Å². The van der Waals surface area contributed by atoms with Gasteiger partial charge in [-0.05, 0) is 38.3 Å². The van der Waals surface area contributed by atoms with E-state index in [0.717, 1.165) is 12.8 Å². The minimum absolute atomic E-state index is 0.308. The van der Waals surface area contributed by atoms with Crippen LogP contribution in [0.15, 0.2) is 0 Å². The van der Waals surface area contributed by atoms with Crippen LogP contribution in [0.25, 0.3) is 0 Å². The van der Waals surface area contributed by atoms with E-state index in [9.17, 15) is 4.79 Å². The van der Waals surface area contributed by atoms with Crippen LogP contribution < -0.4 is 0 Å². The first-order valence-electron chi connectivity index (χ1n) is 3.60. The average Bonchev–Trinajstić information content (AvgIpc) is 2.11. The second-order valence-corrected chi connectivity index (χ2v) is 3.26. The van der Waals surface area contributed by atoms with Crippen LogP contribution in [-0.2, 0) is 0 Å². The van der Waals surface area contributed by atoms with Crippen LogP contribution in [0, 0.1) is 0 Å². The highest BCUT2D eigenvalue weighted by molar-refractivity contribution is 6.62. The lowest BCUT2D eigenvalue weighted by Gasteiger charge is -2.22. The summed E-state index contributed by atoms with van der Waals surface area (Å²) in [6, 6.07) is 0.667. The molecule has 1 rings (SSSR count). The number of nitrogens with zero attached hydrogens (tertiary/aromatic N) is 1. The molecule has 2 nitrogen and oxygen atoms in total. The average molecular weight is 162 g/mol. The van der Waals surface area contributed by atoms with Gasteiger partial charge in [0, 0.05) is 12.1 Å². The zero-order valence-corrected chi connectivity index (χ0v) is 7.06. The third-order valence-electron chi connectivity index (χ3n) is 2.15. The van der Waals surface area contributed by atoms with E-state index in [1.807, 2.05) is 13.8 Å². The molecule has 3 heteroatoms. The Morgan fingerprint density at radius 2 is 1.80 bits per heavy atom. The van der Waals surface area contributed by atoms with E-state index in [-0.39, 0.29) is 5.37 Å². The lowest BCUT2D eigenvalue weighted by Crippen LogP contribution is -2.34. The van der Waals surface area contributed by atoms with Gasteiger partial charge < -0.3 is 4.90 Å². The van der Waals surface area contributed by atoms with Crippen LogP contribution in [-0.4, -0.2) is 22.3 Å². The molecule has 0 aromatic carbocycles. The molecule has 0 radical (unpaired) electrons. The van der Waals surface area contributed by atoms with Crippen molar-refractivity contribution in [3.63, 3.8) is 0 Å². The fourth-order valence-corrected chi connectivity index (χ4v) is 1.87. The van der Waals surface area contributed by atoms with E-state index < -0.39 is 0 Å². The van der Waals surface area contributed by atoms with Crippen molar-refractivity contribution < 1.29 is 4.79 Å². The highest BCUT2D eigenvalue weighted by Gasteiger charge is 2.29. The van der Waals surface area contributed by atoms with Gasteiger partial charge in [-0.1, -0.05) is 0 Å². The molecule has 0 saturated carbocycles. The fourth-order valence-electron chi connectivity index (χ4n) is 1.54. The van der Waals surface area contributed by atoms with E-state index in [1.165, 1.54) is 0 Å². The Hall–Kier alpha value is -0.240. The number of carbonyl (C=O) groups is 1. The van der Waals surface area contributed by atoms with Crippen LogP contribution >= 0.6 is 11.6 Å². The van der Waals surface area contributed by atoms with Gasteiger partial charge in [0.1, 0.15) is 0 Å². The molecule has 0 aromatic heterocycles. The summed E-state index contributed by atoms with van der Waals surface area (Å²) in [5.74, 6) is 0. The van der Waals surface area contributed by atoms with E-state index >= 15 is 0 Å². The lowest BCUT2D eigenvalue weighted by molar-refractivity contribution is 0.204. The molecule has 1 amide bonds. The van der Waals surface area contributed by atoms with Gasteiger partial charge in [0.05, 0.1) is 0 Å². The zero-order valence-electron chi connectivity index (χ0n) is 6.30. The van der Waals surface area contributed by atoms with Gasteiger partial charge >= 0.3 is 5.37 Å². The summed E-state index contributed by atoms with van der Waals surface area (Å²) in [6.07, 6.45) is 2.17. The second kappa shape index (κ2) is 2.79. The maximum Gasteiger partial charge on any atom is 0.316 e. The fraction of sp³-hybridized carbons (Fsp3) is 0.857. The van der Waals surface area contributed by atoms with Gasteiger partial charge in [-0.3, -0.25) is 4.79 Å². The van der Waals surface area contributed by atoms with Crippen LogP contribution in [0.2, 0.25) is 0 Å². The Kier molecular flexibility index (Phi) is 2.19. The molecular formula is C7H12ClNO. The van der Waals surface area contributed by atoms with Crippen molar-refractivity contribution in [2.24, 2.45) is 0 Å². The largest absolute Gasteiger partial charge is 0.324 e. The molecule has 1 fully saturated rings. The first kappa shape index (κ1) is 7.86. The molecule has 0 aliphatic carbocycles. The molecule has 58 valence electrons. The van der Waals surface area contributed by atoms with E-state index in [4.69, 9.17) is 11.6 Å². The number of hydrogen-bond donors (Lipinski definition) is 0. The molecule has 0 spiro atoms. The van der Waals surface area contributed by atoms with Crippen LogP contribution in [0.5, 0.6) is 0 Å². The Morgan fingerprint density at radius 3 is 2.00 bits per heavy atom. The van der Waals surface area contributed by atoms with Gasteiger partial charge in [-0.15, -0.1) is 0 Å². The first-order chi connectivity index (χ1) is 4.63. The maximum absolute atomic E-state index is 10.8. The summed E-state index contributed by atoms with van der Waals surface area (Å²) in [4.78, 5) is 12.5. The SMILES string of the molecule is CC1CCC(C)N1C(=O)Cl. The second-order valence-electron chi connectivity index (χ2n) is 2.94. The molecule has 1 heterocycles. The molecule has 0 N–H and O–H groups in total. The number of hydrogen-bond acceptors (Lipinski definition) is 1. The minimum Gasteiger partial charge on any atom is -0.324 e. The monoisotopic (exact) mass is 161 g/mol. The third kappa shape index (κ3) is 1.26. The smallest absolute Gasteiger partial charge is 0.316 e. The number of rotatable bonds is 0. The quantitative estimate of drug-likeness (QED) is 0.394. The summed E-state index contributed by atoms with van der Waals surface area (Å²) in [5, 5.41) is -0.308. The number of amides is 1. The molecule has 1 aliphatic heterocycles. The highest BCUT2D eigenvalue weighted by atomic mass is 35.5. The summed E-state index contributed by atoms with van der Waals surface area (Å²) in [5.41, 5.74) is 0. The van der Waals surface area contributed by atoms with Crippen LogP contribution in [0.1, 0.15) is 26.7 Å². The first-order valence-corrected chi connectivity index (χ1v) is 3.98. The maximum atomic E-state index is 10.8. The van der Waals surface area contributed by atoms with Crippen molar-refractivity contribution in [2.75, 3.05) is 0 Å². The molecular weight excluding hydrogens is 150 g/mol. The summed E-state index contributed by atoms with van der Waals surface area (Å²) in [7, 11) is 0. The number of carbonyl (C=O) groups excluding carboxylic acids is 1. The number of halogens is 1.